The number of rotatable bonds is 11. The molecular formula is C27H31F5N6O4. The quantitative estimate of drug-likeness (QED) is 0.316. The number of anilines is 1. The second kappa shape index (κ2) is 11.9. The van der Waals surface area contributed by atoms with Gasteiger partial charge < -0.3 is 16.0 Å². The molecule has 0 spiro atoms. The Kier molecular flexibility index (Phi) is 8.46. The van der Waals surface area contributed by atoms with E-state index in [0.717, 1.165) is 25.7 Å². The lowest BCUT2D eigenvalue weighted by Crippen LogP contribution is -2.50. The van der Waals surface area contributed by atoms with Crippen LogP contribution in [0.25, 0.3) is 0 Å². The molecule has 2 atom stereocenters. The molecule has 0 bridgehead atoms. The summed E-state index contributed by atoms with van der Waals surface area (Å²) in [6, 6.07) is 1.35. The van der Waals surface area contributed by atoms with Gasteiger partial charge >= 0.3 is 6.18 Å². The third kappa shape index (κ3) is 7.79. The van der Waals surface area contributed by atoms with Crippen LogP contribution in [0.2, 0.25) is 0 Å². The molecule has 3 aliphatic carbocycles. The van der Waals surface area contributed by atoms with Gasteiger partial charge in [-0.05, 0) is 73.2 Å². The summed E-state index contributed by atoms with van der Waals surface area (Å²) < 4.78 is 70.3. The minimum absolute atomic E-state index is 0.000899. The van der Waals surface area contributed by atoms with Crippen LogP contribution in [-0.2, 0) is 9.59 Å². The van der Waals surface area contributed by atoms with Crippen LogP contribution in [0.3, 0.4) is 0 Å². The smallest absolute Gasteiger partial charge is 0.349 e. The Labute approximate surface area is 237 Å². The van der Waals surface area contributed by atoms with Crippen molar-refractivity contribution in [2.45, 2.75) is 94.3 Å². The summed E-state index contributed by atoms with van der Waals surface area (Å²) in [4.78, 5) is 43.0. The highest BCUT2D eigenvalue weighted by Gasteiger charge is 2.42. The second-order valence-corrected chi connectivity index (χ2v) is 11.4. The molecule has 2 aromatic heterocycles. The van der Waals surface area contributed by atoms with Gasteiger partial charge in [-0.2, -0.15) is 13.2 Å². The third-order valence-electron chi connectivity index (χ3n) is 7.94. The number of pyridine rings is 1. The van der Waals surface area contributed by atoms with Gasteiger partial charge in [0.2, 0.25) is 17.7 Å². The third-order valence-corrected chi connectivity index (χ3v) is 7.94. The highest BCUT2D eigenvalue weighted by Crippen LogP contribution is 2.42. The Hall–Kier alpha value is -3.65. The maximum absolute atomic E-state index is 13.9. The molecule has 0 aliphatic heterocycles. The molecule has 2 aromatic rings. The molecule has 228 valence electrons. The van der Waals surface area contributed by atoms with E-state index in [1.54, 1.807) is 6.07 Å². The number of carbonyl (C=O) groups excluding carboxylic acids is 3. The van der Waals surface area contributed by atoms with Crippen LogP contribution in [0.1, 0.15) is 97.9 Å². The van der Waals surface area contributed by atoms with E-state index in [1.165, 1.54) is 12.3 Å². The number of hydrogen-bond acceptors (Lipinski definition) is 7. The van der Waals surface area contributed by atoms with Gasteiger partial charge in [0.15, 0.2) is 5.69 Å². The van der Waals surface area contributed by atoms with E-state index < -0.39 is 73.5 Å². The van der Waals surface area contributed by atoms with Crippen molar-refractivity contribution in [2.24, 2.45) is 11.8 Å². The van der Waals surface area contributed by atoms with Gasteiger partial charge in [-0.15, -0.1) is 0 Å². The van der Waals surface area contributed by atoms with Gasteiger partial charge in [0, 0.05) is 31.4 Å². The first-order valence-electron chi connectivity index (χ1n) is 14.0. The average molecular weight is 599 g/mol. The summed E-state index contributed by atoms with van der Waals surface area (Å²) in [5.41, 5.74) is 0.883. The molecule has 3 saturated carbocycles. The predicted molar refractivity (Wildman–Crippen MR) is 136 cm³/mol. The predicted octanol–water partition coefficient (Wildman–Crippen LogP) is 4.81. The monoisotopic (exact) mass is 598 g/mol. The number of nitrogens with one attached hydrogen (secondary N) is 3. The Morgan fingerprint density at radius 1 is 1.00 bits per heavy atom. The molecule has 3 amide bonds. The first-order chi connectivity index (χ1) is 19.9. The standard InChI is InChI=1S/C27H31F5N6O4/c28-26(29)9-5-16(6-10-26)22(36-25(41)23-21(15-3-4-15)37-42-38-23)24(40)34-18-13-17(8-12-33-18)20(14-1-2-14)35-19(39)7-11-27(30,31)32/h8,12-16,20,22H,1-7,9-11H2,(H,35,39)(H,36,41)(H,33,34,40)/t20?,22-/m0/s1. The average Bonchev–Trinajstić information content (AvgIpc) is 3.88. The van der Waals surface area contributed by atoms with Crippen LogP contribution >= 0.6 is 0 Å². The number of nitrogens with zero attached hydrogens (tertiary/aromatic N) is 3. The van der Waals surface area contributed by atoms with Gasteiger partial charge in [-0.25, -0.2) is 18.4 Å². The molecule has 0 radical (unpaired) electrons. The van der Waals surface area contributed by atoms with Gasteiger partial charge in [0.25, 0.3) is 5.91 Å². The van der Waals surface area contributed by atoms with Gasteiger partial charge in [-0.1, -0.05) is 5.16 Å². The van der Waals surface area contributed by atoms with E-state index in [0.29, 0.717) is 11.3 Å². The van der Waals surface area contributed by atoms with Crippen molar-refractivity contribution in [2.75, 3.05) is 5.32 Å². The minimum Gasteiger partial charge on any atom is -0.349 e. The SMILES string of the molecule is O=C(CCC(F)(F)F)NC(c1ccnc(NC(=O)[C@@H](NC(=O)c2nonc2C2CC2)C2CCC(F)(F)CC2)c1)C1CC1. The molecular weight excluding hydrogens is 567 g/mol. The van der Waals surface area contributed by atoms with Gasteiger partial charge in [0.05, 0.1) is 12.5 Å². The van der Waals surface area contributed by atoms with E-state index in [9.17, 15) is 36.3 Å². The zero-order valence-corrected chi connectivity index (χ0v) is 22.6. The molecule has 42 heavy (non-hydrogen) atoms. The van der Waals surface area contributed by atoms with Crippen molar-refractivity contribution in [1.29, 1.82) is 0 Å². The maximum atomic E-state index is 13.9. The summed E-state index contributed by atoms with van der Waals surface area (Å²) in [7, 11) is 0. The lowest BCUT2D eigenvalue weighted by Gasteiger charge is -2.33. The zero-order valence-electron chi connectivity index (χ0n) is 22.6. The van der Waals surface area contributed by atoms with E-state index in [2.05, 4.69) is 31.2 Å². The summed E-state index contributed by atoms with van der Waals surface area (Å²) >= 11 is 0. The molecule has 3 N–H and O–H groups in total. The Morgan fingerprint density at radius 2 is 1.71 bits per heavy atom. The highest BCUT2D eigenvalue weighted by molar-refractivity contribution is 6.00. The highest BCUT2D eigenvalue weighted by atomic mass is 19.4. The first-order valence-corrected chi connectivity index (χ1v) is 14.0. The summed E-state index contributed by atoms with van der Waals surface area (Å²) in [6.07, 6.45) is -2.67. The first kappa shape index (κ1) is 29.8. The van der Waals surface area contributed by atoms with Crippen molar-refractivity contribution in [3.8, 4) is 0 Å². The second-order valence-electron chi connectivity index (χ2n) is 11.4. The molecule has 0 aromatic carbocycles. The van der Waals surface area contributed by atoms with E-state index in [-0.39, 0.29) is 36.2 Å². The maximum Gasteiger partial charge on any atom is 0.389 e. The van der Waals surface area contributed by atoms with Crippen LogP contribution in [0.4, 0.5) is 27.8 Å². The number of carbonyl (C=O) groups is 3. The van der Waals surface area contributed by atoms with Crippen molar-refractivity contribution >= 4 is 23.5 Å². The normalized spacial score (nSPS) is 20.4. The van der Waals surface area contributed by atoms with Crippen LogP contribution in [0.15, 0.2) is 23.0 Å². The van der Waals surface area contributed by atoms with Crippen LogP contribution < -0.4 is 16.0 Å². The molecule has 3 aliphatic rings. The molecule has 0 saturated heterocycles. The van der Waals surface area contributed by atoms with Gasteiger partial charge in [0.1, 0.15) is 17.6 Å². The largest absolute Gasteiger partial charge is 0.389 e. The summed E-state index contributed by atoms with van der Waals surface area (Å²) in [5.74, 6) is -5.41. The van der Waals surface area contributed by atoms with Crippen molar-refractivity contribution < 1.29 is 41.0 Å². The fourth-order valence-corrected chi connectivity index (χ4v) is 5.30. The molecule has 5 rings (SSSR count). The van der Waals surface area contributed by atoms with E-state index >= 15 is 0 Å². The molecule has 1 unspecified atom stereocenters. The summed E-state index contributed by atoms with van der Waals surface area (Å²) in [6.45, 7) is 0. The number of alkyl halides is 5. The van der Waals surface area contributed by atoms with Gasteiger partial charge in [-0.3, -0.25) is 14.4 Å². The van der Waals surface area contributed by atoms with Crippen LogP contribution in [0.5, 0.6) is 0 Å². The van der Waals surface area contributed by atoms with E-state index in [1.807, 2.05) is 0 Å². The number of halogens is 5. The van der Waals surface area contributed by atoms with Crippen LogP contribution in [0, 0.1) is 11.8 Å². The fourth-order valence-electron chi connectivity index (χ4n) is 5.30. The Balaban J connectivity index is 1.30. The lowest BCUT2D eigenvalue weighted by molar-refractivity contribution is -0.144. The Bertz CT molecular complexity index is 1300. The van der Waals surface area contributed by atoms with Crippen LogP contribution in [-0.4, -0.2) is 51.2 Å². The minimum atomic E-state index is -4.45. The zero-order chi connectivity index (χ0) is 30.1. The molecule has 2 heterocycles. The molecule has 10 nitrogen and oxygen atoms in total. The molecule has 3 fully saturated rings. The van der Waals surface area contributed by atoms with Crippen molar-refractivity contribution in [3.05, 3.63) is 35.3 Å². The summed E-state index contributed by atoms with van der Waals surface area (Å²) in [5, 5.41) is 15.4. The topological polar surface area (TPSA) is 139 Å². The lowest BCUT2D eigenvalue weighted by atomic mass is 9.81. The number of hydrogen-bond donors (Lipinski definition) is 3. The Morgan fingerprint density at radius 3 is 2.36 bits per heavy atom. The van der Waals surface area contributed by atoms with E-state index in [4.69, 9.17) is 4.63 Å². The number of amides is 3. The fraction of sp³-hybridized carbons (Fsp3) is 0.630. The van der Waals surface area contributed by atoms with Crippen molar-refractivity contribution in [1.82, 2.24) is 25.9 Å². The number of aromatic nitrogens is 3. The molecule has 15 heteroatoms. The van der Waals surface area contributed by atoms with Crippen molar-refractivity contribution in [3.63, 3.8) is 0 Å².